The van der Waals surface area contributed by atoms with Crippen LogP contribution < -0.4 is 10.6 Å². The fourth-order valence-electron chi connectivity index (χ4n) is 2.45. The highest BCUT2D eigenvalue weighted by Gasteiger charge is 2.13. The molecule has 2 aromatic carbocycles. The highest BCUT2D eigenvalue weighted by Crippen LogP contribution is 2.21. The summed E-state index contributed by atoms with van der Waals surface area (Å²) in [5, 5.41) is 9.10. The SMILES string of the molecule is C=CC(=O)Nc1cc(NC(=O)c2ccccc2Cn2cncn2)ccc1F. The van der Waals surface area contributed by atoms with E-state index in [0.29, 0.717) is 17.8 Å². The van der Waals surface area contributed by atoms with Crippen molar-refractivity contribution in [3.8, 4) is 0 Å². The number of amides is 2. The number of benzene rings is 2. The lowest BCUT2D eigenvalue weighted by atomic mass is 10.1. The second kappa shape index (κ2) is 8.05. The number of hydrogen-bond acceptors (Lipinski definition) is 4. The molecule has 3 rings (SSSR count). The second-order valence-electron chi connectivity index (χ2n) is 5.59. The van der Waals surface area contributed by atoms with Crippen LogP contribution in [0, 0.1) is 5.82 Å². The van der Waals surface area contributed by atoms with Crippen molar-refractivity contribution >= 4 is 23.2 Å². The quantitative estimate of drug-likeness (QED) is 0.658. The van der Waals surface area contributed by atoms with E-state index in [1.165, 1.54) is 18.5 Å². The first-order valence-corrected chi connectivity index (χ1v) is 8.01. The minimum Gasteiger partial charge on any atom is -0.322 e. The Labute approximate surface area is 154 Å². The van der Waals surface area contributed by atoms with Gasteiger partial charge in [-0.05, 0) is 35.9 Å². The van der Waals surface area contributed by atoms with Gasteiger partial charge in [0.15, 0.2) is 0 Å². The minimum absolute atomic E-state index is 0.0476. The van der Waals surface area contributed by atoms with Crippen molar-refractivity contribution in [1.29, 1.82) is 0 Å². The summed E-state index contributed by atoms with van der Waals surface area (Å²) in [6.45, 7) is 3.70. The lowest BCUT2D eigenvalue weighted by Gasteiger charge is -2.12. The maximum Gasteiger partial charge on any atom is 0.256 e. The number of nitrogens with zero attached hydrogens (tertiary/aromatic N) is 3. The van der Waals surface area contributed by atoms with Crippen LogP contribution in [0.3, 0.4) is 0 Å². The van der Waals surface area contributed by atoms with Crippen molar-refractivity contribution in [2.75, 3.05) is 10.6 Å². The van der Waals surface area contributed by atoms with E-state index in [1.54, 1.807) is 23.1 Å². The van der Waals surface area contributed by atoms with E-state index >= 15 is 0 Å². The molecule has 3 aromatic rings. The Balaban J connectivity index is 1.81. The van der Waals surface area contributed by atoms with Gasteiger partial charge in [-0.15, -0.1) is 0 Å². The van der Waals surface area contributed by atoms with Crippen LogP contribution in [-0.2, 0) is 11.3 Å². The Morgan fingerprint density at radius 1 is 1.19 bits per heavy atom. The number of rotatable bonds is 6. The van der Waals surface area contributed by atoms with E-state index in [4.69, 9.17) is 0 Å². The maximum atomic E-state index is 13.8. The molecule has 27 heavy (non-hydrogen) atoms. The predicted molar refractivity (Wildman–Crippen MR) is 98.7 cm³/mol. The molecule has 0 saturated carbocycles. The zero-order valence-electron chi connectivity index (χ0n) is 14.2. The van der Waals surface area contributed by atoms with Crippen molar-refractivity contribution in [2.45, 2.75) is 6.54 Å². The molecular formula is C19H16FN5O2. The summed E-state index contributed by atoms with van der Waals surface area (Å²) in [6.07, 6.45) is 4.01. The van der Waals surface area contributed by atoms with Gasteiger partial charge in [0.1, 0.15) is 18.5 Å². The summed E-state index contributed by atoms with van der Waals surface area (Å²) in [5.74, 6) is -1.52. The van der Waals surface area contributed by atoms with Crippen LogP contribution in [0.25, 0.3) is 0 Å². The Morgan fingerprint density at radius 2 is 2.00 bits per heavy atom. The molecule has 2 amide bonds. The lowest BCUT2D eigenvalue weighted by Crippen LogP contribution is -2.16. The van der Waals surface area contributed by atoms with E-state index in [1.807, 2.05) is 12.1 Å². The van der Waals surface area contributed by atoms with Gasteiger partial charge in [0.2, 0.25) is 5.91 Å². The summed E-state index contributed by atoms with van der Waals surface area (Å²) in [7, 11) is 0. The molecule has 0 spiro atoms. The average Bonchev–Trinajstić information content (AvgIpc) is 3.17. The minimum atomic E-state index is -0.616. The van der Waals surface area contributed by atoms with Gasteiger partial charge in [-0.1, -0.05) is 24.8 Å². The molecule has 0 aliphatic rings. The van der Waals surface area contributed by atoms with Crippen LogP contribution in [0.2, 0.25) is 0 Å². The third-order valence-electron chi connectivity index (χ3n) is 3.73. The molecule has 136 valence electrons. The summed E-state index contributed by atoms with van der Waals surface area (Å²) in [4.78, 5) is 28.0. The van der Waals surface area contributed by atoms with Crippen molar-refractivity contribution in [3.63, 3.8) is 0 Å². The van der Waals surface area contributed by atoms with E-state index in [2.05, 4.69) is 27.3 Å². The number of carbonyl (C=O) groups excluding carboxylic acids is 2. The third-order valence-corrected chi connectivity index (χ3v) is 3.73. The Morgan fingerprint density at radius 3 is 2.74 bits per heavy atom. The number of hydrogen-bond donors (Lipinski definition) is 2. The molecule has 2 N–H and O–H groups in total. The Kier molecular flexibility index (Phi) is 5.36. The van der Waals surface area contributed by atoms with Crippen LogP contribution in [0.15, 0.2) is 67.8 Å². The molecule has 0 aliphatic carbocycles. The summed E-state index contributed by atoms with van der Waals surface area (Å²) in [5.41, 5.74) is 1.50. The summed E-state index contributed by atoms with van der Waals surface area (Å²) < 4.78 is 15.4. The standard InChI is InChI=1S/C19H16FN5O2/c1-2-18(26)24-17-9-14(7-8-16(17)20)23-19(27)15-6-4-3-5-13(15)10-25-12-21-11-22-25/h2-9,11-12H,1,10H2,(H,23,27)(H,24,26). The van der Waals surface area contributed by atoms with E-state index in [0.717, 1.165) is 17.7 Å². The molecule has 7 nitrogen and oxygen atoms in total. The first kappa shape index (κ1) is 18.0. The predicted octanol–water partition coefficient (Wildman–Crippen LogP) is 2.84. The molecule has 1 aromatic heterocycles. The van der Waals surface area contributed by atoms with E-state index in [-0.39, 0.29) is 11.6 Å². The average molecular weight is 365 g/mol. The fraction of sp³-hybridized carbons (Fsp3) is 0.0526. The molecule has 0 atom stereocenters. The smallest absolute Gasteiger partial charge is 0.256 e. The maximum absolute atomic E-state index is 13.8. The molecule has 8 heteroatoms. The molecule has 0 saturated heterocycles. The summed E-state index contributed by atoms with van der Waals surface area (Å²) in [6, 6.07) is 11.0. The van der Waals surface area contributed by atoms with Gasteiger partial charge in [-0.25, -0.2) is 14.1 Å². The first-order chi connectivity index (χ1) is 13.1. The van der Waals surface area contributed by atoms with Gasteiger partial charge in [0.05, 0.1) is 12.2 Å². The second-order valence-corrected chi connectivity index (χ2v) is 5.59. The molecule has 1 heterocycles. The van der Waals surface area contributed by atoms with Gasteiger partial charge in [-0.3, -0.25) is 9.59 Å². The molecule has 0 bridgehead atoms. The number of anilines is 2. The number of halogens is 1. The fourth-order valence-corrected chi connectivity index (χ4v) is 2.45. The highest BCUT2D eigenvalue weighted by atomic mass is 19.1. The molecule has 0 fully saturated rings. The summed E-state index contributed by atoms with van der Waals surface area (Å²) >= 11 is 0. The van der Waals surface area contributed by atoms with Crippen molar-refractivity contribution < 1.29 is 14.0 Å². The largest absolute Gasteiger partial charge is 0.322 e. The van der Waals surface area contributed by atoms with E-state index in [9.17, 15) is 14.0 Å². The topological polar surface area (TPSA) is 88.9 Å². The normalized spacial score (nSPS) is 10.3. The Hall–Kier alpha value is -3.81. The lowest BCUT2D eigenvalue weighted by molar-refractivity contribution is -0.111. The van der Waals surface area contributed by atoms with Crippen molar-refractivity contribution in [1.82, 2.24) is 14.8 Å². The molecule has 0 radical (unpaired) electrons. The first-order valence-electron chi connectivity index (χ1n) is 8.01. The zero-order chi connectivity index (χ0) is 19.2. The van der Waals surface area contributed by atoms with Gasteiger partial charge in [-0.2, -0.15) is 5.10 Å². The Bertz CT molecular complexity index is 986. The van der Waals surface area contributed by atoms with Crippen LogP contribution in [0.1, 0.15) is 15.9 Å². The molecule has 0 aliphatic heterocycles. The van der Waals surface area contributed by atoms with Crippen LogP contribution in [0.5, 0.6) is 0 Å². The third kappa shape index (κ3) is 4.43. The van der Waals surface area contributed by atoms with Crippen LogP contribution in [0.4, 0.5) is 15.8 Å². The van der Waals surface area contributed by atoms with Gasteiger partial charge in [0.25, 0.3) is 5.91 Å². The van der Waals surface area contributed by atoms with Crippen LogP contribution in [-0.4, -0.2) is 26.6 Å². The number of nitrogens with one attached hydrogen (secondary N) is 2. The van der Waals surface area contributed by atoms with Crippen LogP contribution >= 0.6 is 0 Å². The molecular weight excluding hydrogens is 349 g/mol. The van der Waals surface area contributed by atoms with E-state index < -0.39 is 11.7 Å². The van der Waals surface area contributed by atoms with Gasteiger partial charge in [0, 0.05) is 11.3 Å². The monoisotopic (exact) mass is 365 g/mol. The molecule has 0 unspecified atom stereocenters. The van der Waals surface area contributed by atoms with Crippen molar-refractivity contribution in [3.05, 3.63) is 84.7 Å². The zero-order valence-corrected chi connectivity index (χ0v) is 14.2. The number of aromatic nitrogens is 3. The van der Waals surface area contributed by atoms with Crippen molar-refractivity contribution in [2.24, 2.45) is 0 Å². The van der Waals surface area contributed by atoms with Gasteiger partial charge < -0.3 is 10.6 Å². The number of carbonyl (C=O) groups is 2. The highest BCUT2D eigenvalue weighted by molar-refractivity contribution is 6.06. The van der Waals surface area contributed by atoms with Gasteiger partial charge >= 0.3 is 0 Å².